The second kappa shape index (κ2) is 11.3. The molecular formula is C31H28N4O6. The number of rotatable bonds is 7. The number of carbonyl (C=O) groups is 2. The summed E-state index contributed by atoms with van der Waals surface area (Å²) in [6, 6.07) is 20.0. The van der Waals surface area contributed by atoms with Crippen LogP contribution in [0.3, 0.4) is 0 Å². The second-order valence-corrected chi connectivity index (χ2v) is 9.73. The fourth-order valence-electron chi connectivity index (χ4n) is 5.07. The van der Waals surface area contributed by atoms with Gasteiger partial charge in [0.25, 0.3) is 11.5 Å². The van der Waals surface area contributed by atoms with Crippen LogP contribution in [0.15, 0.2) is 82.7 Å². The van der Waals surface area contributed by atoms with E-state index in [1.165, 1.54) is 10.5 Å². The van der Waals surface area contributed by atoms with Gasteiger partial charge in [-0.25, -0.2) is 9.78 Å². The van der Waals surface area contributed by atoms with Gasteiger partial charge in [0.05, 0.1) is 24.6 Å². The molecule has 0 radical (unpaired) electrons. The minimum Gasteiger partial charge on any atom is -0.484 e. The number of nitrogens with zero attached hydrogens (tertiary/aromatic N) is 4. The molecule has 1 aliphatic rings. The van der Waals surface area contributed by atoms with Crippen LogP contribution >= 0.6 is 0 Å². The van der Waals surface area contributed by atoms with Crippen molar-refractivity contribution in [3.8, 4) is 5.75 Å². The number of hydrogen-bond donors (Lipinski definition) is 0. The molecule has 10 heteroatoms. The number of hydrogen-bond acceptors (Lipinski definition) is 7. The normalized spacial score (nSPS) is 15.5. The first-order chi connectivity index (χ1) is 20.0. The fraction of sp³-hybridized carbons (Fsp3) is 0.258. The minimum atomic E-state index is -0.699. The van der Waals surface area contributed by atoms with Crippen LogP contribution in [-0.2, 0) is 20.8 Å². The average Bonchev–Trinajstić information content (AvgIpc) is 3.51. The summed E-state index contributed by atoms with van der Waals surface area (Å²) in [4.78, 5) is 48.9. The van der Waals surface area contributed by atoms with E-state index in [2.05, 4.69) is 4.99 Å². The molecule has 10 nitrogen and oxygen atoms in total. The fourth-order valence-corrected chi connectivity index (χ4v) is 5.07. The van der Waals surface area contributed by atoms with E-state index < -0.39 is 11.9 Å². The van der Waals surface area contributed by atoms with Crippen LogP contribution in [0.1, 0.15) is 30.1 Å². The summed E-state index contributed by atoms with van der Waals surface area (Å²) in [5.41, 5.74) is 0.408. The number of esters is 1. The number of carbonyl (C=O) groups excluding carboxylic acids is 2. The van der Waals surface area contributed by atoms with Crippen molar-refractivity contribution in [2.45, 2.75) is 32.4 Å². The Morgan fingerprint density at radius 3 is 2.71 bits per heavy atom. The molecular weight excluding hydrogens is 524 g/mol. The molecule has 2 aromatic carbocycles. The lowest BCUT2D eigenvalue weighted by Gasteiger charge is -2.18. The van der Waals surface area contributed by atoms with Crippen LogP contribution in [0, 0.1) is 0 Å². The Labute approximate surface area is 234 Å². The van der Waals surface area contributed by atoms with Gasteiger partial charge in [-0.3, -0.25) is 14.0 Å². The summed E-state index contributed by atoms with van der Waals surface area (Å²) in [5.74, 6) is -0.790. The van der Waals surface area contributed by atoms with Crippen LogP contribution in [0.2, 0.25) is 0 Å². The molecule has 1 atom stereocenters. The molecule has 1 aliphatic heterocycles. The van der Waals surface area contributed by atoms with Crippen molar-refractivity contribution in [1.82, 2.24) is 14.0 Å². The molecule has 5 aromatic rings. The summed E-state index contributed by atoms with van der Waals surface area (Å²) in [6.45, 7) is 2.28. The van der Waals surface area contributed by atoms with Crippen molar-refractivity contribution < 1.29 is 23.8 Å². The third-order valence-electron chi connectivity index (χ3n) is 7.01. The van der Waals surface area contributed by atoms with Crippen molar-refractivity contribution in [2.24, 2.45) is 4.99 Å². The Morgan fingerprint density at radius 2 is 1.90 bits per heavy atom. The molecule has 0 bridgehead atoms. The molecule has 3 aromatic heterocycles. The largest absolute Gasteiger partial charge is 0.484 e. The predicted octanol–water partition coefficient (Wildman–Crippen LogP) is 3.66. The smallest absolute Gasteiger partial charge is 0.341 e. The maximum Gasteiger partial charge on any atom is 0.341 e. The van der Waals surface area contributed by atoms with E-state index in [0.29, 0.717) is 23.7 Å². The molecule has 4 heterocycles. The number of aromatic nitrogens is 3. The molecule has 6 rings (SSSR count). The third kappa shape index (κ3) is 5.33. The summed E-state index contributed by atoms with van der Waals surface area (Å²) >= 11 is 0. The van der Waals surface area contributed by atoms with Crippen LogP contribution in [-0.4, -0.2) is 51.8 Å². The van der Waals surface area contributed by atoms with E-state index in [4.69, 9.17) is 19.2 Å². The van der Waals surface area contributed by atoms with Gasteiger partial charge >= 0.3 is 5.97 Å². The number of amides is 1. The highest BCUT2D eigenvalue weighted by Gasteiger charge is 2.23. The highest BCUT2D eigenvalue weighted by atomic mass is 16.5. The number of ether oxygens (including phenoxy) is 3. The summed E-state index contributed by atoms with van der Waals surface area (Å²) in [5, 5.41) is 2.23. The number of benzene rings is 2. The van der Waals surface area contributed by atoms with Gasteiger partial charge in [-0.15, -0.1) is 0 Å². The standard InChI is InChI=1S/C31H28N4O6/c1-2-39-31(38)25-17-24-28(32-26-11-5-6-14-34(26)30(24)37)35(18-23-10-7-15-40-23)29(25)33-27(36)19-41-22-13-12-20-8-3-4-9-21(20)16-22/h3-6,8-9,11-14,16-17,23H,2,7,10,15,18-19H2,1H3. The lowest BCUT2D eigenvalue weighted by Crippen LogP contribution is -2.35. The Morgan fingerprint density at radius 1 is 1.07 bits per heavy atom. The first-order valence-corrected chi connectivity index (χ1v) is 13.5. The first-order valence-electron chi connectivity index (χ1n) is 13.5. The van der Waals surface area contributed by atoms with Gasteiger partial charge < -0.3 is 18.8 Å². The summed E-state index contributed by atoms with van der Waals surface area (Å²) < 4.78 is 20.0. The van der Waals surface area contributed by atoms with Gasteiger partial charge in [0.1, 0.15) is 22.6 Å². The van der Waals surface area contributed by atoms with Gasteiger partial charge in [-0.05, 0) is 60.9 Å². The number of pyridine rings is 2. The third-order valence-corrected chi connectivity index (χ3v) is 7.01. The molecule has 0 spiro atoms. The molecule has 0 N–H and O–H groups in total. The van der Waals surface area contributed by atoms with Gasteiger partial charge in [0, 0.05) is 12.8 Å². The topological polar surface area (TPSA) is 113 Å². The van der Waals surface area contributed by atoms with Crippen LogP contribution < -0.4 is 15.8 Å². The van der Waals surface area contributed by atoms with Crippen LogP contribution in [0.25, 0.3) is 27.5 Å². The van der Waals surface area contributed by atoms with E-state index in [-0.39, 0.29) is 47.9 Å². The van der Waals surface area contributed by atoms with Gasteiger partial charge in [-0.2, -0.15) is 4.99 Å². The molecule has 1 amide bonds. The van der Waals surface area contributed by atoms with Gasteiger partial charge in [0.2, 0.25) is 0 Å². The monoisotopic (exact) mass is 552 g/mol. The highest BCUT2D eigenvalue weighted by Crippen LogP contribution is 2.21. The molecule has 1 unspecified atom stereocenters. The van der Waals surface area contributed by atoms with E-state index in [1.807, 2.05) is 36.4 Å². The maximum absolute atomic E-state index is 13.5. The highest BCUT2D eigenvalue weighted by molar-refractivity contribution is 5.94. The Hall–Kier alpha value is -4.83. The van der Waals surface area contributed by atoms with Crippen molar-refractivity contribution in [1.29, 1.82) is 0 Å². The van der Waals surface area contributed by atoms with Crippen molar-refractivity contribution >= 4 is 39.3 Å². The summed E-state index contributed by atoms with van der Waals surface area (Å²) in [7, 11) is 0. The van der Waals surface area contributed by atoms with Crippen molar-refractivity contribution in [2.75, 3.05) is 19.8 Å². The summed E-state index contributed by atoms with van der Waals surface area (Å²) in [6.07, 6.45) is 3.08. The second-order valence-electron chi connectivity index (χ2n) is 9.73. The van der Waals surface area contributed by atoms with Crippen molar-refractivity contribution in [3.05, 3.63) is 94.3 Å². The van der Waals surface area contributed by atoms with Gasteiger partial charge in [0.15, 0.2) is 12.1 Å². The van der Waals surface area contributed by atoms with Crippen LogP contribution in [0.4, 0.5) is 0 Å². The van der Waals surface area contributed by atoms with E-state index in [0.717, 1.165) is 23.6 Å². The Balaban J connectivity index is 1.48. The minimum absolute atomic E-state index is 0.00816. The van der Waals surface area contributed by atoms with Gasteiger partial charge in [-0.1, -0.05) is 36.4 Å². The lowest BCUT2D eigenvalue weighted by molar-refractivity contribution is -0.120. The zero-order valence-corrected chi connectivity index (χ0v) is 22.5. The molecule has 0 saturated carbocycles. The molecule has 41 heavy (non-hydrogen) atoms. The zero-order chi connectivity index (χ0) is 28.3. The van der Waals surface area contributed by atoms with E-state index in [9.17, 15) is 14.4 Å². The molecule has 208 valence electrons. The first kappa shape index (κ1) is 26.4. The predicted molar refractivity (Wildman–Crippen MR) is 152 cm³/mol. The lowest BCUT2D eigenvalue weighted by atomic mass is 10.1. The van der Waals surface area contributed by atoms with E-state index in [1.54, 1.807) is 42.0 Å². The quantitative estimate of drug-likeness (QED) is 0.224. The zero-order valence-electron chi connectivity index (χ0n) is 22.5. The molecule has 1 saturated heterocycles. The van der Waals surface area contributed by atoms with Crippen molar-refractivity contribution in [3.63, 3.8) is 0 Å². The Bertz CT molecular complexity index is 1920. The average molecular weight is 553 g/mol. The van der Waals surface area contributed by atoms with E-state index >= 15 is 0 Å². The van der Waals surface area contributed by atoms with Crippen LogP contribution in [0.5, 0.6) is 5.75 Å². The molecule has 1 fully saturated rings. The molecule has 0 aliphatic carbocycles. The number of fused-ring (bicyclic) bond motifs is 3. The SMILES string of the molecule is CCOC(=O)c1cc2c(=O)n3ccccc3nc2n(CC2CCCO2)c1=NC(=O)COc1ccc2ccccc2c1. The maximum atomic E-state index is 13.5. The Kier molecular flexibility index (Phi) is 7.30.